The molecule has 0 radical (unpaired) electrons. The van der Waals surface area contributed by atoms with E-state index in [0.717, 1.165) is 6.42 Å². The lowest BCUT2D eigenvalue weighted by molar-refractivity contribution is -0.660. The van der Waals surface area contributed by atoms with Crippen molar-refractivity contribution in [1.29, 1.82) is 0 Å². The van der Waals surface area contributed by atoms with E-state index in [1.165, 1.54) is 109 Å². The van der Waals surface area contributed by atoms with Gasteiger partial charge in [0.25, 0.3) is 0 Å². The summed E-state index contributed by atoms with van der Waals surface area (Å²) in [7, 11) is 3.31. The first-order valence-corrected chi connectivity index (χ1v) is 45.5. The van der Waals surface area contributed by atoms with Gasteiger partial charge in [0.1, 0.15) is 28.2 Å². The van der Waals surface area contributed by atoms with Crippen LogP contribution < -0.4 is 39.0 Å². The molecule has 0 atom stereocenters. The Morgan fingerprint density at radius 3 is 0.917 bits per heavy atom. The maximum absolute atomic E-state index is 2.46. The summed E-state index contributed by atoms with van der Waals surface area (Å²) in [5, 5.41) is 6.41. The van der Waals surface area contributed by atoms with E-state index in [4.69, 9.17) is 0 Å². The molecule has 4 aromatic heterocycles. The first kappa shape index (κ1) is 69.1. The number of rotatable bonds is 14. The fraction of sp³-hybridized carbons (Fsp3) is 0.421. The molecule has 0 N–H and O–H groups in total. The molecule has 0 bridgehead atoms. The van der Waals surface area contributed by atoms with Crippen molar-refractivity contribution in [3.05, 3.63) is 191 Å². The van der Waals surface area contributed by atoms with Crippen LogP contribution in [0, 0.1) is 33.6 Å². The number of hydrogen-bond acceptors (Lipinski definition) is 0. The summed E-state index contributed by atoms with van der Waals surface area (Å²) in [6.45, 7) is 51.8. The second-order valence-corrected chi connectivity index (χ2v) is 49.0. The molecule has 0 unspecified atom stereocenters. The van der Waals surface area contributed by atoms with Gasteiger partial charge in [0.05, 0.1) is 32.3 Å². The van der Waals surface area contributed by atoms with Crippen LogP contribution in [0.25, 0.3) is 45.0 Å². The molecule has 448 valence electrons. The second kappa shape index (κ2) is 29.2. The molecule has 8 heteroatoms. The zero-order valence-electron chi connectivity index (χ0n) is 57.6. The predicted octanol–water partition coefficient (Wildman–Crippen LogP) is 16.0. The van der Waals surface area contributed by atoms with Gasteiger partial charge in [0.15, 0.2) is 24.8 Å². The highest BCUT2D eigenvalue weighted by Gasteiger charge is 2.30. The third-order valence-electron chi connectivity index (χ3n) is 16.4. The Kier molecular flexibility index (Phi) is 24.0. The summed E-state index contributed by atoms with van der Waals surface area (Å²) in [6.07, 6.45) is 14.1. The SMILES string of the molecule is CCCc1c[n+](C)c(-c2ccccc2C)cc1[Si](C)(C)C.CCc1c[n+](C)c(-c2ccccc2C)cc1[Si](C)(C)C.Cc1ccccc1-c1cc([Si](C)(C)C)c(C(C)C)c[n+]1C.Cc1ccccc1-c1cc([Si](C)(C)C)c(CC(C)C)c[n+]1C. The summed E-state index contributed by atoms with van der Waals surface area (Å²) in [5.74, 6) is 1.27. The Hall–Kier alpha value is -5.65. The van der Waals surface area contributed by atoms with E-state index in [1.54, 1.807) is 20.7 Å². The van der Waals surface area contributed by atoms with E-state index >= 15 is 0 Å². The summed E-state index contributed by atoms with van der Waals surface area (Å²) < 4.78 is 9.19. The van der Waals surface area contributed by atoms with Gasteiger partial charge in [-0.2, -0.15) is 0 Å². The van der Waals surface area contributed by atoms with Crippen molar-refractivity contribution < 1.29 is 18.3 Å². The molecule has 0 aliphatic heterocycles. The fourth-order valence-electron chi connectivity index (χ4n) is 11.9. The Morgan fingerprint density at radius 1 is 0.357 bits per heavy atom. The van der Waals surface area contributed by atoms with Crippen molar-refractivity contribution in [2.24, 2.45) is 34.1 Å². The molecule has 0 saturated heterocycles. The summed E-state index contributed by atoms with van der Waals surface area (Å²) in [6, 6.07) is 44.5. The largest absolute Gasteiger partial charge is 0.212 e. The van der Waals surface area contributed by atoms with Gasteiger partial charge in [-0.05, 0) is 126 Å². The van der Waals surface area contributed by atoms with Gasteiger partial charge in [-0.15, -0.1) is 0 Å². The highest BCUT2D eigenvalue weighted by Crippen LogP contribution is 2.26. The molecule has 0 saturated carbocycles. The van der Waals surface area contributed by atoms with Gasteiger partial charge in [0, 0.05) is 68.8 Å². The van der Waals surface area contributed by atoms with Crippen LogP contribution in [0.3, 0.4) is 0 Å². The van der Waals surface area contributed by atoms with E-state index in [0.29, 0.717) is 11.8 Å². The maximum Gasteiger partial charge on any atom is 0.212 e. The molecular weight excluding hydrogens is 1080 g/mol. The monoisotopic (exact) mass is 1190 g/mol. The van der Waals surface area contributed by atoms with Gasteiger partial charge in [-0.1, -0.05) is 199 Å². The van der Waals surface area contributed by atoms with E-state index in [1.807, 2.05) is 0 Å². The van der Waals surface area contributed by atoms with Gasteiger partial charge < -0.3 is 0 Å². The van der Waals surface area contributed by atoms with Crippen LogP contribution in [0.1, 0.15) is 98.4 Å². The van der Waals surface area contributed by atoms with Crippen LogP contribution in [0.5, 0.6) is 0 Å². The minimum absolute atomic E-state index is 0.573. The molecule has 0 aliphatic rings. The standard InChI is InChI=1S/C20H30NSi.2C19H28NSi.C18H26NSi/c1-15(2)12-17-14-21(4)19(13-20(17)22(5,6)7)18-11-9-8-10-16(18)3;1-14(2)17-13-20(4)18(12-19(17)21(5,6)7)16-11-9-8-10-15(16)3;1-7-10-16-14-20(3)18(13-19(16)21(4,5)6)17-12-9-8-11-15(17)2;1-7-15-13-19(3)17(12-18(15)20(4,5)6)16-11-9-8-10-14(16)2/h8-11,13-15H,12H2,1-7H3;8-14H,1-7H3;8-9,11-14H,7,10H2,1-6H3;8-13H,7H2,1-6H3/q4*+1. The molecule has 0 amide bonds. The fourth-order valence-corrected chi connectivity index (χ4v) is 18.8. The van der Waals surface area contributed by atoms with Crippen molar-refractivity contribution in [3.8, 4) is 45.0 Å². The Bertz CT molecular complexity index is 3510. The quantitative estimate of drug-likeness (QED) is 0.0762. The lowest BCUT2D eigenvalue weighted by Crippen LogP contribution is -2.45. The van der Waals surface area contributed by atoms with E-state index in [2.05, 4.69) is 340 Å². The summed E-state index contributed by atoms with van der Waals surface area (Å²) in [4.78, 5) is 0. The molecule has 4 nitrogen and oxygen atoms in total. The Labute approximate surface area is 517 Å². The molecule has 4 heterocycles. The number of pyridine rings is 4. The van der Waals surface area contributed by atoms with Crippen LogP contribution >= 0.6 is 0 Å². The Morgan fingerprint density at radius 2 is 0.631 bits per heavy atom. The number of nitrogens with zero attached hydrogens (tertiary/aromatic N) is 4. The lowest BCUT2D eigenvalue weighted by atomic mass is 10.0. The molecule has 8 aromatic rings. The third kappa shape index (κ3) is 18.0. The molecule has 8 rings (SSSR count). The molecule has 0 aliphatic carbocycles. The average Bonchev–Trinajstić information content (AvgIpc) is 3.44. The molecule has 0 fully saturated rings. The van der Waals surface area contributed by atoms with Crippen LogP contribution in [0.15, 0.2) is 146 Å². The highest BCUT2D eigenvalue weighted by molar-refractivity contribution is 6.90. The topological polar surface area (TPSA) is 15.5 Å². The molecular formula is C76H112N4Si4+4. The molecule has 0 spiro atoms. The number of hydrogen-bond donors (Lipinski definition) is 0. The Balaban J connectivity index is 0.000000205. The first-order valence-electron chi connectivity index (χ1n) is 31.5. The van der Waals surface area contributed by atoms with Crippen molar-refractivity contribution in [1.82, 2.24) is 0 Å². The van der Waals surface area contributed by atoms with Crippen molar-refractivity contribution in [2.75, 3.05) is 0 Å². The van der Waals surface area contributed by atoms with E-state index < -0.39 is 32.3 Å². The van der Waals surface area contributed by atoms with Crippen molar-refractivity contribution >= 4 is 53.0 Å². The van der Waals surface area contributed by atoms with Crippen LogP contribution in [0.4, 0.5) is 0 Å². The van der Waals surface area contributed by atoms with Crippen molar-refractivity contribution in [2.45, 2.75) is 179 Å². The summed E-state index contributed by atoms with van der Waals surface area (Å²) >= 11 is 0. The second-order valence-electron chi connectivity index (χ2n) is 28.9. The zero-order valence-corrected chi connectivity index (χ0v) is 61.6. The first-order chi connectivity index (χ1) is 39.1. The van der Waals surface area contributed by atoms with Gasteiger partial charge in [-0.3, -0.25) is 0 Å². The van der Waals surface area contributed by atoms with Gasteiger partial charge in [-0.25, -0.2) is 18.3 Å². The minimum Gasteiger partial charge on any atom is -0.201 e. The number of aryl methyl sites for hydroxylation is 10. The smallest absolute Gasteiger partial charge is 0.201 e. The summed E-state index contributed by atoms with van der Waals surface area (Å²) in [5.41, 5.74) is 22.2. The minimum atomic E-state index is -1.36. The maximum atomic E-state index is 2.46. The number of benzene rings is 4. The van der Waals surface area contributed by atoms with Gasteiger partial charge in [0.2, 0.25) is 22.8 Å². The van der Waals surface area contributed by atoms with Gasteiger partial charge >= 0.3 is 0 Å². The third-order valence-corrected chi connectivity index (χ3v) is 24.7. The van der Waals surface area contributed by atoms with Crippen molar-refractivity contribution in [3.63, 3.8) is 0 Å². The lowest BCUT2D eigenvalue weighted by Gasteiger charge is -2.22. The molecule has 4 aromatic carbocycles. The van der Waals surface area contributed by atoms with E-state index in [-0.39, 0.29) is 0 Å². The zero-order chi connectivity index (χ0) is 62.8. The predicted molar refractivity (Wildman–Crippen MR) is 379 cm³/mol. The van der Waals surface area contributed by atoms with Crippen LogP contribution in [-0.4, -0.2) is 32.3 Å². The van der Waals surface area contributed by atoms with Crippen LogP contribution in [0.2, 0.25) is 78.6 Å². The highest BCUT2D eigenvalue weighted by atomic mass is 28.3. The van der Waals surface area contributed by atoms with Crippen LogP contribution in [-0.2, 0) is 47.5 Å². The normalized spacial score (nSPS) is 11.9. The van der Waals surface area contributed by atoms with E-state index in [9.17, 15) is 0 Å². The number of aromatic nitrogens is 4. The average molecular weight is 1190 g/mol. The molecule has 84 heavy (non-hydrogen) atoms.